The Balaban J connectivity index is 1.99. The summed E-state index contributed by atoms with van der Waals surface area (Å²) in [6.45, 7) is 4.64. The Hall–Kier alpha value is -1.22. The fourth-order valence-electron chi connectivity index (χ4n) is 2.41. The zero-order chi connectivity index (χ0) is 11.5. The van der Waals surface area contributed by atoms with Gasteiger partial charge >= 0.3 is 0 Å². The van der Waals surface area contributed by atoms with Crippen molar-refractivity contribution < 1.29 is 0 Å². The largest absolute Gasteiger partial charge is 0.399 e. The molecule has 2 rings (SSSR count). The maximum Gasteiger partial charge on any atom is 0.0363 e. The first-order chi connectivity index (χ1) is 7.65. The second-order valence-corrected chi connectivity index (χ2v) is 4.90. The maximum absolute atomic E-state index is 5.77. The van der Waals surface area contributed by atoms with Gasteiger partial charge in [-0.1, -0.05) is 13.0 Å². The molecule has 0 saturated carbocycles. The first kappa shape index (κ1) is 11.3. The van der Waals surface area contributed by atoms with Crippen LogP contribution in [0.25, 0.3) is 0 Å². The van der Waals surface area contributed by atoms with Gasteiger partial charge in [0.15, 0.2) is 0 Å². The first-order valence-electron chi connectivity index (χ1n) is 5.96. The molecular formula is C13H21N3. The van der Waals surface area contributed by atoms with Crippen molar-refractivity contribution in [2.24, 2.45) is 5.92 Å². The molecule has 0 bridgehead atoms. The van der Waals surface area contributed by atoms with E-state index in [-0.39, 0.29) is 0 Å². The lowest BCUT2D eigenvalue weighted by molar-refractivity contribution is 0.206. The summed E-state index contributed by atoms with van der Waals surface area (Å²) in [5.74, 6) is 0.681. The average molecular weight is 219 g/mol. The third kappa shape index (κ3) is 2.67. The smallest absolute Gasteiger partial charge is 0.0363 e. The van der Waals surface area contributed by atoms with Crippen LogP contribution in [0.5, 0.6) is 0 Å². The third-order valence-electron chi connectivity index (χ3n) is 3.35. The summed E-state index contributed by atoms with van der Waals surface area (Å²) in [6.07, 6.45) is 1.20. The van der Waals surface area contributed by atoms with Crippen molar-refractivity contribution in [3.63, 3.8) is 0 Å². The van der Waals surface area contributed by atoms with E-state index in [1.165, 1.54) is 19.5 Å². The number of hydrogen-bond donors (Lipinski definition) is 2. The zero-order valence-corrected chi connectivity index (χ0v) is 10.1. The standard InChI is InChI=1S/C13H21N3/c1-10-9-16(2)7-6-13(10)15-12-5-3-4-11(14)8-12/h3-5,8,10,13,15H,6-7,9,14H2,1-2H3. The van der Waals surface area contributed by atoms with Gasteiger partial charge in [-0.25, -0.2) is 0 Å². The number of nitrogens with two attached hydrogens (primary N) is 1. The highest BCUT2D eigenvalue weighted by Crippen LogP contribution is 2.21. The van der Waals surface area contributed by atoms with Crippen molar-refractivity contribution >= 4 is 11.4 Å². The van der Waals surface area contributed by atoms with E-state index in [4.69, 9.17) is 5.73 Å². The van der Waals surface area contributed by atoms with E-state index in [9.17, 15) is 0 Å². The summed E-state index contributed by atoms with van der Waals surface area (Å²) in [5, 5.41) is 3.59. The molecule has 0 amide bonds. The summed E-state index contributed by atoms with van der Waals surface area (Å²) in [6, 6.07) is 8.57. The molecule has 0 aliphatic carbocycles. The van der Waals surface area contributed by atoms with Gasteiger partial charge in [-0.05, 0) is 44.1 Å². The lowest BCUT2D eigenvalue weighted by Crippen LogP contribution is -2.43. The Morgan fingerprint density at radius 3 is 2.94 bits per heavy atom. The third-order valence-corrected chi connectivity index (χ3v) is 3.35. The molecule has 0 radical (unpaired) electrons. The Kier molecular flexibility index (Phi) is 3.34. The molecule has 3 nitrogen and oxygen atoms in total. The van der Waals surface area contributed by atoms with Gasteiger partial charge in [-0.15, -0.1) is 0 Å². The number of piperidine rings is 1. The van der Waals surface area contributed by atoms with Crippen molar-refractivity contribution in [1.29, 1.82) is 0 Å². The summed E-state index contributed by atoms with van der Waals surface area (Å²) in [5.41, 5.74) is 7.74. The van der Waals surface area contributed by atoms with Crippen molar-refractivity contribution in [2.75, 3.05) is 31.2 Å². The summed E-state index contributed by atoms with van der Waals surface area (Å²) in [7, 11) is 2.19. The molecule has 1 aliphatic rings. The molecule has 1 aromatic rings. The number of nitrogens with zero attached hydrogens (tertiary/aromatic N) is 1. The molecule has 0 spiro atoms. The molecule has 2 atom stereocenters. The van der Waals surface area contributed by atoms with Crippen molar-refractivity contribution in [2.45, 2.75) is 19.4 Å². The molecule has 1 aliphatic heterocycles. The zero-order valence-electron chi connectivity index (χ0n) is 10.1. The fraction of sp³-hybridized carbons (Fsp3) is 0.538. The minimum Gasteiger partial charge on any atom is -0.399 e. The number of anilines is 2. The van der Waals surface area contributed by atoms with Crippen LogP contribution in [0.3, 0.4) is 0 Å². The fourth-order valence-corrected chi connectivity index (χ4v) is 2.41. The molecule has 1 fully saturated rings. The van der Waals surface area contributed by atoms with Crippen LogP contribution >= 0.6 is 0 Å². The summed E-state index contributed by atoms with van der Waals surface area (Å²) < 4.78 is 0. The number of nitrogen functional groups attached to an aromatic ring is 1. The molecule has 1 saturated heterocycles. The first-order valence-corrected chi connectivity index (χ1v) is 5.96. The van der Waals surface area contributed by atoms with Gasteiger partial charge in [0.05, 0.1) is 0 Å². The molecule has 88 valence electrons. The highest BCUT2D eigenvalue weighted by molar-refractivity contribution is 5.54. The van der Waals surface area contributed by atoms with Crippen LogP contribution in [-0.4, -0.2) is 31.1 Å². The van der Waals surface area contributed by atoms with Gasteiger partial charge in [0.1, 0.15) is 0 Å². The molecule has 3 N–H and O–H groups in total. The van der Waals surface area contributed by atoms with E-state index in [0.29, 0.717) is 12.0 Å². The van der Waals surface area contributed by atoms with Crippen LogP contribution in [0.2, 0.25) is 0 Å². The molecule has 3 heteroatoms. The summed E-state index contributed by atoms with van der Waals surface area (Å²) in [4.78, 5) is 2.39. The van der Waals surface area contributed by atoms with Crippen LogP contribution in [0.1, 0.15) is 13.3 Å². The Labute approximate surface area is 97.6 Å². The lowest BCUT2D eigenvalue weighted by atomic mass is 9.94. The van der Waals surface area contributed by atoms with Gasteiger partial charge in [0, 0.05) is 24.0 Å². The number of likely N-dealkylation sites (tertiary alicyclic amines) is 1. The predicted octanol–water partition coefficient (Wildman–Crippen LogP) is 2.02. The van der Waals surface area contributed by atoms with Gasteiger partial charge in [0.25, 0.3) is 0 Å². The summed E-state index contributed by atoms with van der Waals surface area (Å²) >= 11 is 0. The van der Waals surface area contributed by atoms with Gasteiger partial charge in [-0.3, -0.25) is 0 Å². The van der Waals surface area contributed by atoms with Crippen LogP contribution in [0, 0.1) is 5.92 Å². The van der Waals surface area contributed by atoms with E-state index in [1.807, 2.05) is 18.2 Å². The number of rotatable bonds is 2. The van der Waals surface area contributed by atoms with Crippen LogP contribution in [0.4, 0.5) is 11.4 Å². The van der Waals surface area contributed by atoms with Crippen LogP contribution < -0.4 is 11.1 Å². The Morgan fingerprint density at radius 2 is 2.25 bits per heavy atom. The highest BCUT2D eigenvalue weighted by atomic mass is 15.1. The van der Waals surface area contributed by atoms with E-state index in [2.05, 4.69) is 30.3 Å². The van der Waals surface area contributed by atoms with E-state index < -0.39 is 0 Å². The number of hydrogen-bond acceptors (Lipinski definition) is 3. The quantitative estimate of drug-likeness (QED) is 0.748. The number of benzene rings is 1. The van der Waals surface area contributed by atoms with Gasteiger partial charge in [-0.2, -0.15) is 0 Å². The van der Waals surface area contributed by atoms with Gasteiger partial charge < -0.3 is 16.0 Å². The van der Waals surface area contributed by atoms with E-state index in [1.54, 1.807) is 0 Å². The molecular weight excluding hydrogens is 198 g/mol. The highest BCUT2D eigenvalue weighted by Gasteiger charge is 2.23. The maximum atomic E-state index is 5.77. The second-order valence-electron chi connectivity index (χ2n) is 4.90. The van der Waals surface area contributed by atoms with Crippen molar-refractivity contribution in [3.05, 3.63) is 24.3 Å². The molecule has 16 heavy (non-hydrogen) atoms. The second kappa shape index (κ2) is 4.74. The van der Waals surface area contributed by atoms with Gasteiger partial charge in [0.2, 0.25) is 0 Å². The minimum atomic E-state index is 0.568. The Morgan fingerprint density at radius 1 is 1.44 bits per heavy atom. The van der Waals surface area contributed by atoms with E-state index >= 15 is 0 Å². The van der Waals surface area contributed by atoms with E-state index in [0.717, 1.165) is 11.4 Å². The SMILES string of the molecule is CC1CN(C)CCC1Nc1cccc(N)c1. The Bertz CT molecular complexity index is 351. The predicted molar refractivity (Wildman–Crippen MR) is 69.5 cm³/mol. The molecule has 1 heterocycles. The molecule has 0 aromatic heterocycles. The van der Waals surface area contributed by atoms with Crippen LogP contribution in [-0.2, 0) is 0 Å². The van der Waals surface area contributed by atoms with Crippen molar-refractivity contribution in [3.8, 4) is 0 Å². The average Bonchev–Trinajstić information content (AvgIpc) is 2.22. The van der Waals surface area contributed by atoms with Crippen molar-refractivity contribution in [1.82, 2.24) is 4.90 Å². The minimum absolute atomic E-state index is 0.568. The molecule has 2 unspecified atom stereocenters. The molecule has 1 aromatic carbocycles. The normalized spacial score (nSPS) is 26.6. The monoisotopic (exact) mass is 219 g/mol. The van der Waals surface area contributed by atoms with Crippen LogP contribution in [0.15, 0.2) is 24.3 Å². The lowest BCUT2D eigenvalue weighted by Gasteiger charge is -2.35. The number of nitrogens with one attached hydrogen (secondary N) is 1. The topological polar surface area (TPSA) is 41.3 Å².